The molecule has 2 fully saturated rings. The molecule has 2 aliphatic rings. The molecule has 3 aromatic rings. The standard InChI is InChI=1S/C28H35N7O4S/c1-33(2)40(38,39)22-10-8-21(9-11-22)31-25-24-23(12-17-30-26(24)36)35(32-25)28(13-16-29)14-18-34(19-15-28)27(37)20-6-4-3-5-7-20/h8-12,17,20H,3-7,13-15,18-19H2,1-2H3,(H,30,36)(H,31,32). The van der Waals surface area contributed by atoms with E-state index in [4.69, 9.17) is 5.10 Å². The fraction of sp³-hybridized carbons (Fsp3) is 0.500. The molecule has 0 atom stereocenters. The Balaban J connectivity index is 1.45. The molecule has 1 saturated carbocycles. The van der Waals surface area contributed by atoms with Gasteiger partial charge in [-0.15, -0.1) is 0 Å². The molecule has 1 aliphatic heterocycles. The molecule has 2 aromatic heterocycles. The highest BCUT2D eigenvalue weighted by Crippen LogP contribution is 2.38. The van der Waals surface area contributed by atoms with Crippen LogP contribution in [0.4, 0.5) is 11.5 Å². The number of piperidine rings is 1. The fourth-order valence-corrected chi connectivity index (χ4v) is 6.85. The van der Waals surface area contributed by atoms with Crippen LogP contribution in [0.2, 0.25) is 0 Å². The molecule has 1 saturated heterocycles. The van der Waals surface area contributed by atoms with Crippen LogP contribution < -0.4 is 10.9 Å². The number of nitriles is 1. The van der Waals surface area contributed by atoms with Crippen molar-refractivity contribution in [2.45, 2.75) is 61.8 Å². The molecule has 0 radical (unpaired) electrons. The highest BCUT2D eigenvalue weighted by molar-refractivity contribution is 7.89. The van der Waals surface area contributed by atoms with Crippen LogP contribution in [0.3, 0.4) is 0 Å². The summed E-state index contributed by atoms with van der Waals surface area (Å²) in [5.74, 6) is 0.628. The van der Waals surface area contributed by atoms with E-state index in [9.17, 15) is 23.3 Å². The van der Waals surface area contributed by atoms with Gasteiger partial charge in [-0.3, -0.25) is 14.3 Å². The van der Waals surface area contributed by atoms with Crippen LogP contribution in [-0.4, -0.2) is 65.5 Å². The Kier molecular flexibility index (Phi) is 7.70. The summed E-state index contributed by atoms with van der Waals surface area (Å²) in [6.45, 7) is 1.07. The number of aromatic nitrogens is 3. The number of carbonyl (C=O) groups excluding carboxylic acids is 1. The van der Waals surface area contributed by atoms with Gasteiger partial charge in [0.25, 0.3) is 5.56 Å². The number of likely N-dealkylation sites (tertiary alicyclic amines) is 1. The molecule has 11 nitrogen and oxygen atoms in total. The Morgan fingerprint density at radius 1 is 1.15 bits per heavy atom. The molecule has 5 rings (SSSR count). The number of sulfonamides is 1. The van der Waals surface area contributed by atoms with Crippen LogP contribution in [0.5, 0.6) is 0 Å². The van der Waals surface area contributed by atoms with Gasteiger partial charge in [-0.2, -0.15) is 10.4 Å². The lowest BCUT2D eigenvalue weighted by atomic mass is 9.83. The van der Waals surface area contributed by atoms with E-state index >= 15 is 0 Å². The van der Waals surface area contributed by atoms with Crippen molar-refractivity contribution in [1.82, 2.24) is 24.0 Å². The van der Waals surface area contributed by atoms with E-state index in [1.54, 1.807) is 29.1 Å². The van der Waals surface area contributed by atoms with Gasteiger partial charge in [-0.05, 0) is 56.0 Å². The lowest BCUT2D eigenvalue weighted by Crippen LogP contribution is -2.50. The molecule has 212 valence electrons. The van der Waals surface area contributed by atoms with Crippen LogP contribution >= 0.6 is 0 Å². The monoisotopic (exact) mass is 565 g/mol. The van der Waals surface area contributed by atoms with E-state index in [1.165, 1.54) is 32.6 Å². The molecule has 2 N–H and O–H groups in total. The van der Waals surface area contributed by atoms with Gasteiger partial charge in [-0.25, -0.2) is 12.7 Å². The minimum absolute atomic E-state index is 0.0937. The van der Waals surface area contributed by atoms with Crippen molar-refractivity contribution in [1.29, 1.82) is 5.26 Å². The van der Waals surface area contributed by atoms with E-state index in [2.05, 4.69) is 16.4 Å². The predicted molar refractivity (Wildman–Crippen MR) is 152 cm³/mol. The molecule has 12 heteroatoms. The number of nitrogens with one attached hydrogen (secondary N) is 2. The van der Waals surface area contributed by atoms with Gasteiger partial charge in [0.1, 0.15) is 5.39 Å². The minimum atomic E-state index is -3.58. The fourth-order valence-electron chi connectivity index (χ4n) is 5.95. The first-order valence-corrected chi connectivity index (χ1v) is 15.2. The molecule has 0 unspecified atom stereocenters. The SMILES string of the molecule is CN(C)S(=O)(=O)c1ccc(Nc2nn(C3(CC#N)CCN(C(=O)C4CCCCC4)CC3)c3cc[nH]c(=O)c23)cc1. The number of hydrogen-bond donors (Lipinski definition) is 2. The molecule has 40 heavy (non-hydrogen) atoms. The quantitative estimate of drug-likeness (QED) is 0.446. The number of anilines is 2. The molecule has 3 heterocycles. The summed E-state index contributed by atoms with van der Waals surface area (Å²) in [4.78, 5) is 31.0. The van der Waals surface area contributed by atoms with E-state index in [0.717, 1.165) is 30.0 Å². The molecule has 0 bridgehead atoms. The molecular formula is C28H35N7O4S. The Bertz CT molecular complexity index is 1590. The second-order valence-corrected chi connectivity index (χ2v) is 13.1. The first-order valence-electron chi connectivity index (χ1n) is 13.7. The number of nitrogens with zero attached hydrogens (tertiary/aromatic N) is 5. The van der Waals surface area contributed by atoms with Crippen LogP contribution in [0.15, 0.2) is 46.2 Å². The summed E-state index contributed by atoms with van der Waals surface area (Å²) in [5.41, 5.74) is 0.165. The number of aromatic amines is 1. The van der Waals surface area contributed by atoms with E-state index in [-0.39, 0.29) is 28.7 Å². The topological polar surface area (TPSA) is 144 Å². The number of amides is 1. The summed E-state index contributed by atoms with van der Waals surface area (Å²) in [6.07, 6.45) is 8.15. The third-order valence-electron chi connectivity index (χ3n) is 8.32. The largest absolute Gasteiger partial charge is 0.342 e. The summed E-state index contributed by atoms with van der Waals surface area (Å²) in [7, 11) is -0.634. The van der Waals surface area contributed by atoms with Gasteiger partial charge in [0.05, 0.1) is 28.4 Å². The average molecular weight is 566 g/mol. The maximum atomic E-state index is 13.2. The number of H-pyrrole nitrogens is 1. The van der Waals surface area contributed by atoms with Crippen LogP contribution in [0.25, 0.3) is 10.9 Å². The van der Waals surface area contributed by atoms with Gasteiger partial charge in [0.15, 0.2) is 5.82 Å². The Morgan fingerprint density at radius 3 is 2.45 bits per heavy atom. The summed E-state index contributed by atoms with van der Waals surface area (Å²) >= 11 is 0. The van der Waals surface area contributed by atoms with Crippen molar-refractivity contribution in [2.75, 3.05) is 32.5 Å². The lowest BCUT2D eigenvalue weighted by Gasteiger charge is -2.42. The minimum Gasteiger partial charge on any atom is -0.342 e. The highest BCUT2D eigenvalue weighted by Gasteiger charge is 2.41. The third-order valence-corrected chi connectivity index (χ3v) is 10.1. The Labute approximate surface area is 233 Å². The maximum Gasteiger partial charge on any atom is 0.261 e. The van der Waals surface area contributed by atoms with Gasteiger partial charge in [0.2, 0.25) is 15.9 Å². The van der Waals surface area contributed by atoms with E-state index in [0.29, 0.717) is 48.3 Å². The normalized spacial score (nSPS) is 18.1. The van der Waals surface area contributed by atoms with E-state index in [1.807, 2.05) is 4.90 Å². The first kappa shape index (κ1) is 27.9. The zero-order chi connectivity index (χ0) is 28.5. The van der Waals surface area contributed by atoms with Crippen LogP contribution in [-0.2, 0) is 20.4 Å². The Hall–Kier alpha value is -3.69. The van der Waals surface area contributed by atoms with Crippen molar-refractivity contribution < 1.29 is 13.2 Å². The summed E-state index contributed by atoms with van der Waals surface area (Å²) in [6, 6.07) is 10.3. The van der Waals surface area contributed by atoms with E-state index < -0.39 is 15.6 Å². The molecular weight excluding hydrogens is 530 g/mol. The number of fused-ring (bicyclic) bond motifs is 1. The maximum absolute atomic E-state index is 13.2. The zero-order valence-electron chi connectivity index (χ0n) is 22.9. The zero-order valence-corrected chi connectivity index (χ0v) is 23.7. The van der Waals surface area contributed by atoms with Gasteiger partial charge >= 0.3 is 0 Å². The Morgan fingerprint density at radius 2 is 1.82 bits per heavy atom. The summed E-state index contributed by atoms with van der Waals surface area (Å²) < 4.78 is 27.8. The molecule has 0 spiro atoms. The second-order valence-electron chi connectivity index (χ2n) is 11.0. The van der Waals surface area contributed by atoms with Crippen LogP contribution in [0, 0.1) is 17.2 Å². The number of benzene rings is 1. The van der Waals surface area contributed by atoms with Crippen molar-refractivity contribution in [3.63, 3.8) is 0 Å². The van der Waals surface area contributed by atoms with Crippen molar-refractivity contribution in [3.8, 4) is 6.07 Å². The number of pyridine rings is 1. The van der Waals surface area contributed by atoms with Gasteiger partial charge in [0, 0.05) is 45.0 Å². The van der Waals surface area contributed by atoms with Crippen molar-refractivity contribution in [3.05, 3.63) is 46.9 Å². The molecule has 1 amide bonds. The highest BCUT2D eigenvalue weighted by atomic mass is 32.2. The number of carbonyl (C=O) groups is 1. The average Bonchev–Trinajstić information content (AvgIpc) is 3.34. The van der Waals surface area contributed by atoms with Crippen molar-refractivity contribution >= 4 is 38.3 Å². The smallest absolute Gasteiger partial charge is 0.261 e. The lowest BCUT2D eigenvalue weighted by molar-refractivity contribution is -0.138. The van der Waals surface area contributed by atoms with Gasteiger partial charge < -0.3 is 15.2 Å². The third kappa shape index (κ3) is 5.11. The first-order chi connectivity index (χ1) is 19.2. The predicted octanol–water partition coefficient (Wildman–Crippen LogP) is 3.53. The molecule has 1 aromatic carbocycles. The van der Waals surface area contributed by atoms with Crippen LogP contribution in [0.1, 0.15) is 51.4 Å². The van der Waals surface area contributed by atoms with Gasteiger partial charge in [-0.1, -0.05) is 19.3 Å². The summed E-state index contributed by atoms with van der Waals surface area (Å²) in [5, 5.41) is 18.2. The number of hydrogen-bond acceptors (Lipinski definition) is 7. The molecule has 1 aliphatic carbocycles. The van der Waals surface area contributed by atoms with Crippen molar-refractivity contribution in [2.24, 2.45) is 5.92 Å². The second kappa shape index (κ2) is 11.1. The number of rotatable bonds is 7.